The Morgan fingerprint density at radius 3 is 2.33 bits per heavy atom. The van der Waals surface area contributed by atoms with Crippen molar-refractivity contribution in [1.82, 2.24) is 5.32 Å². The third-order valence-corrected chi connectivity index (χ3v) is 4.77. The number of likely N-dealkylation sites (N-methyl/N-ethyl adjacent to an activating group) is 1. The zero-order chi connectivity index (χ0) is 15.6. The molecule has 0 heterocycles. The van der Waals surface area contributed by atoms with Crippen molar-refractivity contribution in [3.05, 3.63) is 67.6 Å². The molecular formula is C15H12BrCl2F2N. The van der Waals surface area contributed by atoms with Crippen LogP contribution < -0.4 is 5.32 Å². The van der Waals surface area contributed by atoms with E-state index in [4.69, 9.17) is 23.2 Å². The van der Waals surface area contributed by atoms with Crippen molar-refractivity contribution in [3.8, 4) is 0 Å². The highest BCUT2D eigenvalue weighted by Gasteiger charge is 2.20. The van der Waals surface area contributed by atoms with E-state index in [0.29, 0.717) is 22.0 Å². The average molecular weight is 395 g/mol. The molecule has 0 aliphatic carbocycles. The lowest BCUT2D eigenvalue weighted by atomic mass is 9.98. The van der Waals surface area contributed by atoms with Gasteiger partial charge in [0.25, 0.3) is 0 Å². The van der Waals surface area contributed by atoms with Crippen LogP contribution >= 0.6 is 39.1 Å². The van der Waals surface area contributed by atoms with Crippen LogP contribution in [0.3, 0.4) is 0 Å². The zero-order valence-corrected chi connectivity index (χ0v) is 14.2. The van der Waals surface area contributed by atoms with E-state index in [0.717, 1.165) is 11.6 Å². The first-order valence-electron chi connectivity index (χ1n) is 6.19. The zero-order valence-electron chi connectivity index (χ0n) is 11.1. The minimum atomic E-state index is -0.905. The Morgan fingerprint density at radius 2 is 1.76 bits per heavy atom. The molecule has 2 rings (SSSR count). The maximum Gasteiger partial charge on any atom is 0.173 e. The molecule has 0 fully saturated rings. The largest absolute Gasteiger partial charge is 0.313 e. The summed E-state index contributed by atoms with van der Waals surface area (Å²) in [5.41, 5.74) is 1.37. The minimum Gasteiger partial charge on any atom is -0.313 e. The highest BCUT2D eigenvalue weighted by molar-refractivity contribution is 9.10. The number of halogens is 5. The molecule has 0 saturated carbocycles. The maximum absolute atomic E-state index is 13.7. The summed E-state index contributed by atoms with van der Waals surface area (Å²) in [5, 5.41) is 4.16. The topological polar surface area (TPSA) is 12.0 Å². The molecule has 1 nitrogen and oxygen atoms in total. The van der Waals surface area contributed by atoms with Crippen LogP contribution in [0.25, 0.3) is 0 Å². The van der Waals surface area contributed by atoms with Gasteiger partial charge in [-0.15, -0.1) is 0 Å². The summed E-state index contributed by atoms with van der Waals surface area (Å²) in [5.74, 6) is -1.80. The Bertz CT molecular complexity index is 644. The van der Waals surface area contributed by atoms with Crippen molar-refractivity contribution in [2.45, 2.75) is 12.5 Å². The lowest BCUT2D eigenvalue weighted by molar-refractivity contribution is 0.495. The van der Waals surface area contributed by atoms with Crippen molar-refractivity contribution in [3.63, 3.8) is 0 Å². The van der Waals surface area contributed by atoms with E-state index in [-0.39, 0.29) is 10.5 Å². The second-order valence-electron chi connectivity index (χ2n) is 4.51. The first-order valence-corrected chi connectivity index (χ1v) is 7.74. The predicted octanol–water partition coefficient (Wildman–Crippen LogP) is 5.54. The summed E-state index contributed by atoms with van der Waals surface area (Å²) in [7, 11) is 1.74. The summed E-state index contributed by atoms with van der Waals surface area (Å²) in [4.78, 5) is 0. The molecule has 1 N–H and O–H groups in total. The second kappa shape index (κ2) is 7.05. The molecule has 112 valence electrons. The van der Waals surface area contributed by atoms with Gasteiger partial charge >= 0.3 is 0 Å². The highest BCUT2D eigenvalue weighted by Crippen LogP contribution is 2.33. The van der Waals surface area contributed by atoms with E-state index < -0.39 is 11.6 Å². The van der Waals surface area contributed by atoms with E-state index in [1.165, 1.54) is 6.07 Å². The third kappa shape index (κ3) is 3.57. The van der Waals surface area contributed by atoms with Crippen molar-refractivity contribution >= 4 is 39.1 Å². The molecule has 2 aromatic rings. The van der Waals surface area contributed by atoms with E-state index in [1.807, 2.05) is 0 Å². The Kier molecular flexibility index (Phi) is 5.60. The lowest BCUT2D eigenvalue weighted by Crippen LogP contribution is -2.20. The fourth-order valence-corrected chi connectivity index (χ4v) is 3.26. The molecule has 1 atom stereocenters. The van der Waals surface area contributed by atoms with Crippen molar-refractivity contribution in [2.75, 3.05) is 7.05 Å². The van der Waals surface area contributed by atoms with Crippen molar-refractivity contribution in [1.29, 1.82) is 0 Å². The summed E-state index contributed by atoms with van der Waals surface area (Å²) in [6.45, 7) is 0. The van der Waals surface area contributed by atoms with Crippen LogP contribution in [0.5, 0.6) is 0 Å². The normalized spacial score (nSPS) is 12.5. The van der Waals surface area contributed by atoms with Gasteiger partial charge in [0.1, 0.15) is 0 Å². The minimum absolute atomic E-state index is 0.102. The Labute approximate surface area is 140 Å². The summed E-state index contributed by atoms with van der Waals surface area (Å²) >= 11 is 15.4. The van der Waals surface area contributed by atoms with Gasteiger partial charge in [0.15, 0.2) is 11.6 Å². The Balaban J connectivity index is 2.40. The summed E-state index contributed by atoms with van der Waals surface area (Å²) < 4.78 is 27.0. The van der Waals surface area contributed by atoms with Crippen molar-refractivity contribution < 1.29 is 8.78 Å². The van der Waals surface area contributed by atoms with E-state index >= 15 is 0 Å². The van der Waals surface area contributed by atoms with Gasteiger partial charge in [0.2, 0.25) is 0 Å². The highest BCUT2D eigenvalue weighted by atomic mass is 79.9. The molecule has 0 saturated heterocycles. The molecule has 21 heavy (non-hydrogen) atoms. The quantitative estimate of drug-likeness (QED) is 0.671. The monoisotopic (exact) mass is 393 g/mol. The van der Waals surface area contributed by atoms with Crippen LogP contribution in [0.4, 0.5) is 8.78 Å². The molecule has 0 aliphatic rings. The first kappa shape index (κ1) is 16.7. The van der Waals surface area contributed by atoms with Crippen LogP contribution in [0.15, 0.2) is 34.8 Å². The van der Waals surface area contributed by atoms with Gasteiger partial charge in [0.05, 0.1) is 4.47 Å². The number of hydrogen-bond donors (Lipinski definition) is 1. The Morgan fingerprint density at radius 1 is 1.14 bits per heavy atom. The molecule has 6 heteroatoms. The third-order valence-electron chi connectivity index (χ3n) is 3.26. The molecular weight excluding hydrogens is 383 g/mol. The molecule has 0 aliphatic heterocycles. The van der Waals surface area contributed by atoms with E-state index in [9.17, 15) is 8.78 Å². The Hall–Kier alpha value is -0.680. The van der Waals surface area contributed by atoms with E-state index in [1.54, 1.807) is 25.2 Å². The molecule has 0 spiro atoms. The predicted molar refractivity (Wildman–Crippen MR) is 86.0 cm³/mol. The van der Waals surface area contributed by atoms with Gasteiger partial charge in [0, 0.05) is 16.1 Å². The van der Waals surface area contributed by atoms with Crippen LogP contribution in [-0.4, -0.2) is 7.05 Å². The van der Waals surface area contributed by atoms with Gasteiger partial charge in [-0.25, -0.2) is 8.78 Å². The molecule has 2 aromatic carbocycles. The summed E-state index contributed by atoms with van der Waals surface area (Å²) in [6.07, 6.45) is 0.457. The fraction of sp³-hybridized carbons (Fsp3) is 0.200. The number of nitrogens with one attached hydrogen (secondary N) is 1. The van der Waals surface area contributed by atoms with Crippen LogP contribution in [0.1, 0.15) is 17.2 Å². The standard InChI is InChI=1S/C15H12BrCl2F2N/c1-21-13(7-9-10(17)3-2-4-11(9)18)8-5-6-12(19)15(20)14(8)16/h2-6,13,21H,7H2,1H3. The van der Waals surface area contributed by atoms with Gasteiger partial charge in [-0.05, 0) is 58.7 Å². The van der Waals surface area contributed by atoms with E-state index in [2.05, 4.69) is 21.2 Å². The maximum atomic E-state index is 13.7. The molecule has 1 unspecified atom stereocenters. The number of rotatable bonds is 4. The van der Waals surface area contributed by atoms with Crippen LogP contribution in [0.2, 0.25) is 10.0 Å². The summed E-state index contributed by atoms with van der Waals surface area (Å²) in [6, 6.07) is 7.64. The number of benzene rings is 2. The van der Waals surface area contributed by atoms with Gasteiger partial charge in [-0.1, -0.05) is 35.3 Å². The van der Waals surface area contributed by atoms with Gasteiger partial charge < -0.3 is 5.32 Å². The molecule has 0 bridgehead atoms. The van der Waals surface area contributed by atoms with Crippen LogP contribution in [-0.2, 0) is 6.42 Å². The van der Waals surface area contributed by atoms with Crippen LogP contribution in [0, 0.1) is 11.6 Å². The van der Waals surface area contributed by atoms with Crippen molar-refractivity contribution in [2.24, 2.45) is 0 Å². The number of hydrogen-bond acceptors (Lipinski definition) is 1. The lowest BCUT2D eigenvalue weighted by Gasteiger charge is -2.20. The molecule has 0 radical (unpaired) electrons. The first-order chi connectivity index (χ1) is 9.95. The molecule has 0 amide bonds. The van der Waals surface area contributed by atoms with Gasteiger partial charge in [-0.2, -0.15) is 0 Å². The SMILES string of the molecule is CNC(Cc1c(Cl)cccc1Cl)c1ccc(F)c(F)c1Br. The smallest absolute Gasteiger partial charge is 0.173 e. The fourth-order valence-electron chi connectivity index (χ4n) is 2.11. The second-order valence-corrected chi connectivity index (χ2v) is 6.12. The van der Waals surface area contributed by atoms with Gasteiger partial charge in [-0.3, -0.25) is 0 Å². The molecule has 0 aromatic heterocycles. The average Bonchev–Trinajstić information content (AvgIpc) is 2.46.